The van der Waals surface area contributed by atoms with Crippen LogP contribution >= 0.6 is 0 Å². The second kappa shape index (κ2) is 7.45. The minimum atomic E-state index is -0.545. The smallest absolute Gasteiger partial charge is 0.122 e. The number of nitrogens with one attached hydrogen (secondary N) is 2. The second-order valence-electron chi connectivity index (χ2n) is 3.96. The highest BCUT2D eigenvalue weighted by atomic mass is 14.9. The highest BCUT2D eigenvalue weighted by Crippen LogP contribution is 2.30. The number of rotatable bonds is 5. The average molecular weight is 231 g/mol. The maximum absolute atomic E-state index is 9.24. The Morgan fingerprint density at radius 1 is 1.41 bits per heavy atom. The van der Waals surface area contributed by atoms with Gasteiger partial charge in [0.2, 0.25) is 0 Å². The summed E-state index contributed by atoms with van der Waals surface area (Å²) in [4.78, 5) is 0. The number of allylic oxidation sites excluding steroid dienone is 4. The van der Waals surface area contributed by atoms with Gasteiger partial charge in [0.25, 0.3) is 0 Å². The first-order valence-corrected chi connectivity index (χ1v) is 5.76. The summed E-state index contributed by atoms with van der Waals surface area (Å²) in [5, 5.41) is 19.8. The van der Waals surface area contributed by atoms with Crippen molar-refractivity contribution >= 4 is 5.84 Å². The molecule has 0 bridgehead atoms. The Morgan fingerprint density at radius 3 is 2.47 bits per heavy atom. The van der Waals surface area contributed by atoms with Crippen LogP contribution < -0.4 is 5.32 Å². The summed E-state index contributed by atoms with van der Waals surface area (Å²) in [6.07, 6.45) is 9.71. The van der Waals surface area contributed by atoms with Crippen molar-refractivity contribution in [3.05, 3.63) is 36.1 Å². The Bertz CT molecular complexity index is 383. The minimum Gasteiger partial charge on any atom is -0.347 e. The van der Waals surface area contributed by atoms with Gasteiger partial charge in [-0.05, 0) is 45.0 Å². The van der Waals surface area contributed by atoms with Gasteiger partial charge in [0.05, 0.1) is 11.5 Å². The van der Waals surface area contributed by atoms with Gasteiger partial charge in [-0.3, -0.25) is 5.41 Å². The molecule has 3 heteroatoms. The third-order valence-electron chi connectivity index (χ3n) is 2.64. The molecule has 0 aromatic heterocycles. The van der Waals surface area contributed by atoms with Gasteiger partial charge >= 0.3 is 0 Å². The largest absolute Gasteiger partial charge is 0.347 e. The molecule has 0 amide bonds. The number of nitriles is 1. The molecular weight excluding hydrogens is 210 g/mol. The van der Waals surface area contributed by atoms with Crippen molar-refractivity contribution < 1.29 is 0 Å². The summed E-state index contributed by atoms with van der Waals surface area (Å²) < 4.78 is 0. The lowest BCUT2D eigenvalue weighted by atomic mass is 9.80. The molecular formula is C14H21N3. The van der Waals surface area contributed by atoms with Gasteiger partial charge in [-0.2, -0.15) is 5.26 Å². The normalized spacial score (nSPS) is 15.8. The van der Waals surface area contributed by atoms with Gasteiger partial charge in [-0.15, -0.1) is 0 Å². The maximum Gasteiger partial charge on any atom is 0.122 e. The molecule has 0 spiro atoms. The van der Waals surface area contributed by atoms with Crippen LogP contribution in [0.5, 0.6) is 0 Å². The van der Waals surface area contributed by atoms with Crippen LogP contribution in [0, 0.1) is 22.2 Å². The first-order valence-electron chi connectivity index (χ1n) is 5.76. The lowest BCUT2D eigenvalue weighted by Crippen LogP contribution is -2.19. The summed E-state index contributed by atoms with van der Waals surface area (Å²) in [6, 6.07) is 2.31. The Balaban J connectivity index is 5.17. The zero-order chi connectivity index (χ0) is 13.3. The van der Waals surface area contributed by atoms with E-state index in [1.54, 1.807) is 12.3 Å². The quantitative estimate of drug-likeness (QED) is 0.432. The highest BCUT2D eigenvalue weighted by molar-refractivity contribution is 5.92. The Morgan fingerprint density at radius 2 is 2.06 bits per heavy atom. The first kappa shape index (κ1) is 15.2. The molecule has 2 N–H and O–H groups in total. The van der Waals surface area contributed by atoms with Crippen LogP contribution in [0.2, 0.25) is 0 Å². The number of nitrogens with zero attached hydrogens (tertiary/aromatic N) is 1. The fraction of sp³-hybridized carbons (Fsp3) is 0.429. The average Bonchev–Trinajstić information content (AvgIpc) is 2.34. The van der Waals surface area contributed by atoms with E-state index in [0.29, 0.717) is 0 Å². The van der Waals surface area contributed by atoms with Crippen LogP contribution in [0.1, 0.15) is 34.1 Å². The van der Waals surface area contributed by atoms with Crippen molar-refractivity contribution in [3.63, 3.8) is 0 Å². The molecule has 92 valence electrons. The molecule has 0 rings (SSSR count). The molecule has 0 aromatic carbocycles. The standard InChI is InChI=1S/C14H21N3/c1-5-8-12(14(4,7-3)11-15)10-13(16)17-9-6-2/h5-6,8-10H,7H2,1-4H3,(H2,16,17)/b8-5-,9-6-,12-10+. The van der Waals surface area contributed by atoms with Crippen molar-refractivity contribution in [2.75, 3.05) is 0 Å². The van der Waals surface area contributed by atoms with Crippen molar-refractivity contribution in [1.29, 1.82) is 10.7 Å². The van der Waals surface area contributed by atoms with Crippen molar-refractivity contribution in [2.45, 2.75) is 34.1 Å². The summed E-state index contributed by atoms with van der Waals surface area (Å²) in [7, 11) is 0. The van der Waals surface area contributed by atoms with E-state index < -0.39 is 5.41 Å². The van der Waals surface area contributed by atoms with Crippen LogP contribution in [0.3, 0.4) is 0 Å². The van der Waals surface area contributed by atoms with Crippen molar-refractivity contribution in [1.82, 2.24) is 5.32 Å². The maximum atomic E-state index is 9.24. The molecule has 0 aliphatic heterocycles. The fourth-order valence-corrected chi connectivity index (χ4v) is 1.29. The van der Waals surface area contributed by atoms with E-state index in [4.69, 9.17) is 5.41 Å². The van der Waals surface area contributed by atoms with E-state index in [2.05, 4.69) is 11.4 Å². The van der Waals surface area contributed by atoms with Gasteiger partial charge < -0.3 is 5.32 Å². The van der Waals surface area contributed by atoms with Crippen LogP contribution in [0.25, 0.3) is 0 Å². The molecule has 0 fully saturated rings. The summed E-state index contributed by atoms with van der Waals surface area (Å²) >= 11 is 0. The Kier molecular flexibility index (Phi) is 6.65. The van der Waals surface area contributed by atoms with E-state index in [9.17, 15) is 5.26 Å². The van der Waals surface area contributed by atoms with E-state index in [1.165, 1.54) is 0 Å². The number of hydrogen-bond acceptors (Lipinski definition) is 2. The SMILES string of the molecule is C/C=C\NC(=N)/C=C(\C=C/C)C(C)(C#N)CC. The van der Waals surface area contributed by atoms with E-state index in [-0.39, 0.29) is 5.84 Å². The van der Waals surface area contributed by atoms with Crippen molar-refractivity contribution in [2.24, 2.45) is 5.41 Å². The van der Waals surface area contributed by atoms with Gasteiger partial charge in [0.1, 0.15) is 5.84 Å². The van der Waals surface area contributed by atoms with Gasteiger partial charge in [0, 0.05) is 0 Å². The zero-order valence-electron chi connectivity index (χ0n) is 11.0. The molecule has 1 atom stereocenters. The number of hydrogen-bond donors (Lipinski definition) is 2. The van der Waals surface area contributed by atoms with E-state index in [0.717, 1.165) is 12.0 Å². The zero-order valence-corrected chi connectivity index (χ0v) is 11.0. The van der Waals surface area contributed by atoms with Gasteiger partial charge in [-0.1, -0.05) is 25.2 Å². The predicted octanol–water partition coefficient (Wildman–Crippen LogP) is 3.53. The molecule has 0 aliphatic rings. The minimum absolute atomic E-state index is 0.283. The molecule has 0 radical (unpaired) electrons. The topological polar surface area (TPSA) is 59.7 Å². The molecule has 3 nitrogen and oxygen atoms in total. The van der Waals surface area contributed by atoms with Gasteiger partial charge in [0.15, 0.2) is 0 Å². The third kappa shape index (κ3) is 4.69. The van der Waals surface area contributed by atoms with Crippen LogP contribution in [-0.4, -0.2) is 5.84 Å². The summed E-state index contributed by atoms with van der Waals surface area (Å²) in [6.45, 7) is 7.65. The monoisotopic (exact) mass is 231 g/mol. The Labute approximate surface area is 104 Å². The molecule has 0 aliphatic carbocycles. The molecule has 17 heavy (non-hydrogen) atoms. The molecule has 0 heterocycles. The Hall–Kier alpha value is -1.82. The van der Waals surface area contributed by atoms with Crippen LogP contribution in [0.4, 0.5) is 0 Å². The fourth-order valence-electron chi connectivity index (χ4n) is 1.29. The van der Waals surface area contributed by atoms with Gasteiger partial charge in [-0.25, -0.2) is 0 Å². The molecule has 0 saturated heterocycles. The second-order valence-corrected chi connectivity index (χ2v) is 3.96. The first-order chi connectivity index (χ1) is 8.03. The van der Waals surface area contributed by atoms with E-state index in [1.807, 2.05) is 45.9 Å². The van der Waals surface area contributed by atoms with E-state index >= 15 is 0 Å². The van der Waals surface area contributed by atoms with Crippen LogP contribution in [0.15, 0.2) is 36.1 Å². The lowest BCUT2D eigenvalue weighted by Gasteiger charge is -2.21. The number of amidine groups is 1. The summed E-state index contributed by atoms with van der Waals surface area (Å²) in [5.74, 6) is 0.283. The lowest BCUT2D eigenvalue weighted by molar-refractivity contribution is 0.521. The molecule has 0 aromatic rings. The summed E-state index contributed by atoms with van der Waals surface area (Å²) in [5.41, 5.74) is 0.308. The van der Waals surface area contributed by atoms with Crippen LogP contribution in [-0.2, 0) is 0 Å². The third-order valence-corrected chi connectivity index (χ3v) is 2.64. The highest BCUT2D eigenvalue weighted by Gasteiger charge is 2.25. The predicted molar refractivity (Wildman–Crippen MR) is 72.6 cm³/mol. The van der Waals surface area contributed by atoms with Crippen molar-refractivity contribution in [3.8, 4) is 6.07 Å². The molecule has 1 unspecified atom stereocenters. The molecule has 0 saturated carbocycles.